The second-order valence-corrected chi connectivity index (χ2v) is 4.27. The van der Waals surface area contributed by atoms with E-state index >= 15 is 0 Å². The molecule has 1 amide bonds. The molecule has 4 heteroatoms. The highest BCUT2D eigenvalue weighted by molar-refractivity contribution is 7.09. The van der Waals surface area contributed by atoms with Gasteiger partial charge in [0, 0.05) is 11.4 Å². The highest BCUT2D eigenvalue weighted by Crippen LogP contribution is 2.16. The lowest BCUT2D eigenvalue weighted by molar-refractivity contribution is -0.129. The number of nitrogens with two attached hydrogens (primary N) is 1. The lowest BCUT2D eigenvalue weighted by Gasteiger charge is -2.14. The van der Waals surface area contributed by atoms with Crippen LogP contribution < -0.4 is 5.73 Å². The lowest BCUT2D eigenvalue weighted by atomic mass is 10.3. The van der Waals surface area contributed by atoms with E-state index in [0.29, 0.717) is 0 Å². The summed E-state index contributed by atoms with van der Waals surface area (Å²) in [4.78, 5) is 14.5. The third-order valence-electron chi connectivity index (χ3n) is 2.27. The molecule has 13 heavy (non-hydrogen) atoms. The first-order chi connectivity index (χ1) is 6.27. The quantitative estimate of drug-likeness (QED) is 0.760. The van der Waals surface area contributed by atoms with Gasteiger partial charge in [0.05, 0.1) is 12.6 Å². The molecule has 2 rings (SSSR count). The summed E-state index contributed by atoms with van der Waals surface area (Å²) in [5, 5.41) is 2.02. The molecule has 0 aliphatic carbocycles. The van der Waals surface area contributed by atoms with Gasteiger partial charge in [-0.3, -0.25) is 4.79 Å². The summed E-state index contributed by atoms with van der Waals surface area (Å²) in [7, 11) is 0. The van der Waals surface area contributed by atoms with Gasteiger partial charge in [0.2, 0.25) is 5.91 Å². The zero-order valence-corrected chi connectivity index (χ0v) is 8.09. The van der Waals surface area contributed by atoms with Gasteiger partial charge >= 0.3 is 0 Å². The molecule has 1 aliphatic rings. The minimum absolute atomic E-state index is 0.0911. The maximum absolute atomic E-state index is 11.4. The zero-order chi connectivity index (χ0) is 9.26. The van der Waals surface area contributed by atoms with Gasteiger partial charge in [0.1, 0.15) is 0 Å². The number of thiophene rings is 1. The Kier molecular flexibility index (Phi) is 2.33. The Labute approximate surface area is 81.2 Å². The van der Waals surface area contributed by atoms with Gasteiger partial charge < -0.3 is 10.6 Å². The first-order valence-electron chi connectivity index (χ1n) is 4.34. The predicted octanol–water partition coefficient (Wildman–Crippen LogP) is 0.808. The summed E-state index contributed by atoms with van der Waals surface area (Å²) < 4.78 is 0. The van der Waals surface area contributed by atoms with Crippen molar-refractivity contribution in [2.75, 3.05) is 6.54 Å². The predicted molar refractivity (Wildman–Crippen MR) is 52.3 cm³/mol. The van der Waals surface area contributed by atoms with Crippen LogP contribution >= 0.6 is 11.3 Å². The third kappa shape index (κ3) is 1.73. The van der Waals surface area contributed by atoms with E-state index in [9.17, 15) is 4.79 Å². The third-order valence-corrected chi connectivity index (χ3v) is 3.13. The van der Waals surface area contributed by atoms with Crippen LogP contribution in [0.1, 0.15) is 11.3 Å². The maximum atomic E-state index is 11.4. The van der Waals surface area contributed by atoms with Crippen LogP contribution in [-0.2, 0) is 11.3 Å². The van der Waals surface area contributed by atoms with Crippen LogP contribution in [0.5, 0.6) is 0 Å². The fourth-order valence-corrected chi connectivity index (χ4v) is 2.23. The average molecular weight is 196 g/mol. The van der Waals surface area contributed by atoms with Crippen molar-refractivity contribution in [1.29, 1.82) is 0 Å². The van der Waals surface area contributed by atoms with Gasteiger partial charge in [-0.25, -0.2) is 0 Å². The highest BCUT2D eigenvalue weighted by Gasteiger charge is 2.28. The fraction of sp³-hybridized carbons (Fsp3) is 0.444. The van der Waals surface area contributed by atoms with Crippen LogP contribution in [0.15, 0.2) is 17.5 Å². The molecule has 1 unspecified atom stereocenters. The molecule has 0 spiro atoms. The summed E-state index contributed by atoms with van der Waals surface area (Å²) in [6, 6.07) is 3.78. The Morgan fingerprint density at radius 2 is 2.54 bits per heavy atom. The molecule has 1 aromatic rings. The van der Waals surface area contributed by atoms with Crippen molar-refractivity contribution >= 4 is 17.2 Å². The molecule has 1 saturated heterocycles. The summed E-state index contributed by atoms with van der Waals surface area (Å²) in [5.41, 5.74) is 5.61. The number of carbonyl (C=O) groups is 1. The Hall–Kier alpha value is -0.870. The van der Waals surface area contributed by atoms with Crippen LogP contribution in [0.2, 0.25) is 0 Å². The van der Waals surface area contributed by atoms with Gasteiger partial charge in [-0.15, -0.1) is 11.3 Å². The molecule has 3 nitrogen and oxygen atoms in total. The maximum Gasteiger partial charge on any atom is 0.239 e. The van der Waals surface area contributed by atoms with E-state index in [1.54, 1.807) is 11.3 Å². The van der Waals surface area contributed by atoms with Crippen LogP contribution in [0.25, 0.3) is 0 Å². The molecular weight excluding hydrogens is 184 g/mol. The Balaban J connectivity index is 2.00. The second kappa shape index (κ2) is 3.47. The van der Waals surface area contributed by atoms with Crippen molar-refractivity contribution in [3.8, 4) is 0 Å². The van der Waals surface area contributed by atoms with Crippen molar-refractivity contribution in [3.63, 3.8) is 0 Å². The van der Waals surface area contributed by atoms with E-state index in [1.807, 2.05) is 22.4 Å². The zero-order valence-electron chi connectivity index (χ0n) is 7.27. The Morgan fingerprint density at radius 3 is 3.08 bits per heavy atom. The van der Waals surface area contributed by atoms with Crippen molar-refractivity contribution in [3.05, 3.63) is 22.4 Å². The molecule has 1 aliphatic heterocycles. The average Bonchev–Trinajstić information content (AvgIpc) is 2.71. The molecule has 2 N–H and O–H groups in total. The number of nitrogens with zero attached hydrogens (tertiary/aromatic N) is 1. The van der Waals surface area contributed by atoms with E-state index in [4.69, 9.17) is 5.73 Å². The van der Waals surface area contributed by atoms with Gasteiger partial charge in [-0.05, 0) is 17.9 Å². The van der Waals surface area contributed by atoms with Crippen molar-refractivity contribution < 1.29 is 4.79 Å². The molecule has 0 radical (unpaired) electrons. The first kappa shape index (κ1) is 8.72. The van der Waals surface area contributed by atoms with Crippen LogP contribution in [0, 0.1) is 0 Å². The first-order valence-corrected chi connectivity index (χ1v) is 5.22. The van der Waals surface area contributed by atoms with Crippen LogP contribution in [0.4, 0.5) is 0 Å². The molecule has 0 saturated carbocycles. The van der Waals surface area contributed by atoms with E-state index in [-0.39, 0.29) is 11.9 Å². The number of hydrogen-bond donors (Lipinski definition) is 1. The molecule has 1 atom stereocenters. The largest absolute Gasteiger partial charge is 0.336 e. The van der Waals surface area contributed by atoms with Gasteiger partial charge in [0.25, 0.3) is 0 Å². The molecule has 2 heterocycles. The monoisotopic (exact) mass is 196 g/mol. The SMILES string of the molecule is NC1CCN(Cc2cccs2)C1=O. The Bertz CT molecular complexity index is 297. The lowest BCUT2D eigenvalue weighted by Crippen LogP contribution is -2.33. The standard InChI is InChI=1S/C9H12N2OS/c10-8-3-4-11(9(8)12)6-7-2-1-5-13-7/h1-2,5,8H,3-4,6,10H2. The molecule has 1 fully saturated rings. The number of likely N-dealkylation sites (tertiary alicyclic amines) is 1. The van der Waals surface area contributed by atoms with Gasteiger partial charge in [-0.1, -0.05) is 6.07 Å². The summed E-state index contributed by atoms with van der Waals surface area (Å²) >= 11 is 1.68. The van der Waals surface area contributed by atoms with Gasteiger partial charge in [-0.2, -0.15) is 0 Å². The summed E-state index contributed by atoms with van der Waals surface area (Å²) in [6.07, 6.45) is 0.796. The number of carbonyl (C=O) groups excluding carboxylic acids is 1. The Morgan fingerprint density at radius 1 is 1.69 bits per heavy atom. The summed E-state index contributed by atoms with van der Waals surface area (Å²) in [6.45, 7) is 1.53. The van der Waals surface area contributed by atoms with Gasteiger partial charge in [0.15, 0.2) is 0 Å². The van der Waals surface area contributed by atoms with E-state index < -0.39 is 0 Å². The van der Waals surface area contributed by atoms with Crippen molar-refractivity contribution in [2.24, 2.45) is 5.73 Å². The van der Waals surface area contributed by atoms with Crippen molar-refractivity contribution in [2.45, 2.75) is 19.0 Å². The van der Waals surface area contributed by atoms with Crippen LogP contribution in [0.3, 0.4) is 0 Å². The molecule has 0 aromatic carbocycles. The molecule has 0 bridgehead atoms. The topological polar surface area (TPSA) is 46.3 Å². The highest BCUT2D eigenvalue weighted by atomic mass is 32.1. The van der Waals surface area contributed by atoms with E-state index in [0.717, 1.165) is 19.5 Å². The minimum Gasteiger partial charge on any atom is -0.336 e. The number of amides is 1. The smallest absolute Gasteiger partial charge is 0.239 e. The van der Waals surface area contributed by atoms with Crippen molar-refractivity contribution in [1.82, 2.24) is 4.90 Å². The molecule has 1 aromatic heterocycles. The second-order valence-electron chi connectivity index (χ2n) is 3.23. The van der Waals surface area contributed by atoms with E-state index in [1.165, 1.54) is 4.88 Å². The fourth-order valence-electron chi connectivity index (χ4n) is 1.51. The summed E-state index contributed by atoms with van der Waals surface area (Å²) in [5.74, 6) is 0.0911. The minimum atomic E-state index is -0.264. The number of rotatable bonds is 2. The normalized spacial score (nSPS) is 22.7. The molecular formula is C9H12N2OS. The number of hydrogen-bond acceptors (Lipinski definition) is 3. The van der Waals surface area contributed by atoms with Crippen LogP contribution in [-0.4, -0.2) is 23.4 Å². The van der Waals surface area contributed by atoms with E-state index in [2.05, 4.69) is 0 Å². The molecule has 70 valence electrons.